The molecule has 0 aliphatic carbocycles. The molecule has 4 saturated heterocycles. The van der Waals surface area contributed by atoms with Crippen LogP contribution in [-0.2, 0) is 57.1 Å². The molecule has 0 radical (unpaired) electrons. The zero-order chi connectivity index (χ0) is 93.9. The summed E-state index contributed by atoms with van der Waals surface area (Å²) in [6, 6.07) is 59.0. The van der Waals surface area contributed by atoms with Crippen LogP contribution in [-0.4, -0.2) is 125 Å². The number of para-hydroxylation sites is 4. The SMILES string of the molecule is CC1(C)OC[C@@H](CC/C=C\CCC(=O)O)[C@@H](c2ccccc2O)O1.CCS.COc1ccccc1[C@H]1OC(C)(C)OC[C@H]1CC/C=C\CCC(=O)O.COc1ccccc1[C@H]1OC(c2ccccc2Cl)OC[C@H]1CC/C=C\CCC(=O)O.O=C(O)CC/C=C\CC[C@@H]1COC(c2ccccc2Cl)O[C@@H]1c1ccccc1O.O=Cc1ccccc1Cl.O=Cc1ccccc1Cl.[H-].[Na+]. The molecule has 8 aromatic carbocycles. The summed E-state index contributed by atoms with van der Waals surface area (Å²) in [5.74, 6) is -0.922. The van der Waals surface area contributed by atoms with E-state index in [1.165, 1.54) is 0 Å². The van der Waals surface area contributed by atoms with Gasteiger partial charge in [-0.2, -0.15) is 12.6 Å². The fourth-order valence-electron chi connectivity index (χ4n) is 14.1. The summed E-state index contributed by atoms with van der Waals surface area (Å²) in [6.45, 7) is 11.8. The number of thiol groups is 1. The Labute approximate surface area is 813 Å². The Balaban J connectivity index is 0.000000338. The van der Waals surface area contributed by atoms with E-state index in [4.69, 9.17) is 114 Å². The maximum atomic E-state index is 10.6. The van der Waals surface area contributed by atoms with Gasteiger partial charge in [-0.15, -0.1) is 0 Å². The zero-order valence-corrected chi connectivity index (χ0v) is 81.0. The summed E-state index contributed by atoms with van der Waals surface area (Å²) in [6.07, 6.45) is 24.6. The molecule has 130 heavy (non-hydrogen) atoms. The van der Waals surface area contributed by atoms with Gasteiger partial charge in [0.15, 0.2) is 36.7 Å². The van der Waals surface area contributed by atoms with Gasteiger partial charge in [0.05, 0.1) is 75.1 Å². The first-order valence-electron chi connectivity index (χ1n) is 43.0. The number of hydrogen-bond acceptors (Lipinski definition) is 19. The van der Waals surface area contributed by atoms with E-state index in [1.807, 2.05) is 198 Å². The van der Waals surface area contributed by atoms with Crippen molar-refractivity contribution in [1.82, 2.24) is 0 Å². The average molecular weight is 1900 g/mol. The largest absolute Gasteiger partial charge is 1.00 e. The molecular formula is C102H123Cl4NaO22S. The van der Waals surface area contributed by atoms with E-state index < -0.39 is 48.0 Å². The van der Waals surface area contributed by atoms with E-state index in [2.05, 4.69) is 12.6 Å². The predicted molar refractivity (Wildman–Crippen MR) is 507 cm³/mol. The number of aldehydes is 2. The molecule has 6 N–H and O–H groups in total. The van der Waals surface area contributed by atoms with Gasteiger partial charge in [0.25, 0.3) is 0 Å². The maximum absolute atomic E-state index is 10.6. The second-order valence-electron chi connectivity index (χ2n) is 31.1. The number of hydrogen-bond donors (Lipinski definition) is 7. The number of carbonyl (C=O) groups excluding carboxylic acids is 2. The van der Waals surface area contributed by atoms with Crippen molar-refractivity contribution in [2.75, 3.05) is 46.4 Å². The van der Waals surface area contributed by atoms with Crippen molar-refractivity contribution in [3.8, 4) is 23.0 Å². The normalized spacial score (nSPS) is 20.0. The number of carbonyl (C=O) groups is 6. The minimum Gasteiger partial charge on any atom is -1.00 e. The van der Waals surface area contributed by atoms with Crippen molar-refractivity contribution in [2.45, 2.75) is 186 Å². The molecule has 4 aliphatic heterocycles. The molecule has 12 rings (SSSR count). The van der Waals surface area contributed by atoms with E-state index in [1.54, 1.807) is 93.1 Å². The van der Waals surface area contributed by atoms with E-state index >= 15 is 0 Å². The number of aromatic hydroxyl groups is 2. The second-order valence-corrected chi connectivity index (χ2v) is 33.4. The Morgan fingerprint density at radius 2 is 0.638 bits per heavy atom. The van der Waals surface area contributed by atoms with Crippen molar-refractivity contribution < 1.29 is 138 Å². The molecule has 22 nitrogen and oxygen atoms in total. The first kappa shape index (κ1) is 112. The number of ether oxygens (including phenoxy) is 10. The smallest absolute Gasteiger partial charge is 1.00 e. The molecule has 698 valence electrons. The molecule has 4 aliphatic rings. The molecule has 28 heteroatoms. The molecule has 0 saturated carbocycles. The predicted octanol–water partition coefficient (Wildman–Crippen LogP) is 22.3. The van der Waals surface area contributed by atoms with Gasteiger partial charge in [-0.25, -0.2) is 0 Å². The van der Waals surface area contributed by atoms with Crippen LogP contribution in [0.15, 0.2) is 243 Å². The molecular weight excluding hydrogens is 1770 g/mol. The van der Waals surface area contributed by atoms with Crippen molar-refractivity contribution >= 4 is 95.5 Å². The Bertz CT molecular complexity index is 4790. The van der Waals surface area contributed by atoms with Crippen molar-refractivity contribution in [3.05, 3.63) is 307 Å². The topological polar surface area (TPSA) is 316 Å². The minimum atomic E-state index is -0.797. The number of carboxylic acid groups (broad SMARTS) is 4. The molecule has 10 atom stereocenters. The van der Waals surface area contributed by atoms with E-state index in [9.17, 15) is 39.0 Å². The Morgan fingerprint density at radius 3 is 0.938 bits per heavy atom. The third-order valence-corrected chi connectivity index (χ3v) is 22.0. The van der Waals surface area contributed by atoms with Crippen LogP contribution in [0.1, 0.15) is 230 Å². The van der Waals surface area contributed by atoms with Gasteiger partial charge in [-0.05, 0) is 159 Å². The van der Waals surface area contributed by atoms with Crippen LogP contribution in [0.5, 0.6) is 23.0 Å². The van der Waals surface area contributed by atoms with Crippen LogP contribution >= 0.6 is 59.0 Å². The molecule has 4 heterocycles. The van der Waals surface area contributed by atoms with Crippen molar-refractivity contribution in [2.24, 2.45) is 23.7 Å². The molecule has 0 amide bonds. The Hall–Kier alpha value is -8.67. The molecule has 2 unspecified atom stereocenters. The summed E-state index contributed by atoms with van der Waals surface area (Å²) in [7, 11) is 3.33. The van der Waals surface area contributed by atoms with E-state index in [-0.39, 0.29) is 116 Å². The van der Waals surface area contributed by atoms with Gasteiger partial charge < -0.3 is 79.4 Å². The number of phenolic OH excluding ortho intramolecular Hbond substituents is 2. The summed E-state index contributed by atoms with van der Waals surface area (Å²) >= 11 is 27.7. The first-order valence-corrected chi connectivity index (χ1v) is 45.2. The van der Waals surface area contributed by atoms with Gasteiger partial charge in [-0.3, -0.25) is 28.8 Å². The minimum absolute atomic E-state index is 0. The summed E-state index contributed by atoms with van der Waals surface area (Å²) in [4.78, 5) is 62.5. The summed E-state index contributed by atoms with van der Waals surface area (Å²) < 4.78 is 59.7. The fourth-order valence-corrected chi connectivity index (χ4v) is 14.9. The maximum Gasteiger partial charge on any atom is 1.00 e. The third-order valence-electron chi connectivity index (χ3n) is 20.6. The van der Waals surface area contributed by atoms with Gasteiger partial charge in [-0.1, -0.05) is 248 Å². The van der Waals surface area contributed by atoms with Crippen molar-refractivity contribution in [1.29, 1.82) is 0 Å². The number of phenols is 2. The van der Waals surface area contributed by atoms with E-state index in [0.29, 0.717) is 83.3 Å². The number of rotatable bonds is 34. The second kappa shape index (κ2) is 61.9. The number of halogens is 4. The van der Waals surface area contributed by atoms with Crippen LogP contribution in [0.25, 0.3) is 0 Å². The Kier molecular flexibility index (Phi) is 53.3. The van der Waals surface area contributed by atoms with Crippen LogP contribution in [0.3, 0.4) is 0 Å². The molecule has 4 fully saturated rings. The van der Waals surface area contributed by atoms with Gasteiger partial charge >= 0.3 is 53.4 Å². The number of aliphatic carboxylic acids is 4. The quantitative estimate of drug-likeness (QED) is 0.00853. The van der Waals surface area contributed by atoms with Crippen molar-refractivity contribution in [3.63, 3.8) is 0 Å². The fraction of sp³-hybridized carbons (Fsp3) is 0.392. The number of allylic oxidation sites excluding steroid dienone is 8. The monoisotopic (exact) mass is 1890 g/mol. The molecule has 0 spiro atoms. The van der Waals surface area contributed by atoms with Gasteiger partial charge in [0.2, 0.25) is 0 Å². The average Bonchev–Trinajstić information content (AvgIpc) is 0.822. The van der Waals surface area contributed by atoms with Crippen LogP contribution < -0.4 is 39.0 Å². The van der Waals surface area contributed by atoms with Gasteiger partial charge in [0.1, 0.15) is 23.0 Å². The number of methoxy groups -OCH3 is 2. The number of carboxylic acids is 4. The van der Waals surface area contributed by atoms with Crippen LogP contribution in [0, 0.1) is 23.7 Å². The molecule has 8 aromatic rings. The van der Waals surface area contributed by atoms with Crippen LogP contribution in [0.4, 0.5) is 0 Å². The summed E-state index contributed by atoms with van der Waals surface area (Å²) in [5.41, 5.74) is 6.20. The first-order chi connectivity index (χ1) is 62.1. The standard InChI is InChI=1S/C24H27ClO5.C23H25ClO5.C20H28O5.C19H26O5.2C7H5ClO.C2H6S.Na.H/c1-28-21-14-9-7-12-19(21)23-17(10-4-2-3-5-15-22(26)27)16-29-24(30-23)18-11-6-8-13-20(18)25;24-19-12-7-5-10-17(19)23-28-15-16(9-3-1-2-4-14-21(26)27)22(29-23)18-11-6-8-13-20(18)25;1-20(2)24-14-15(10-6-4-5-7-13-18(21)22)19(25-20)16-11-8-9-12-17(16)23-3;1-19(2)23-13-14(9-5-3-4-6-12-17(21)22)18(24-19)15-10-7-8-11-16(15)20;2*8-7-4-2-1-3-6(7)5-9;1-2-3;;/h2-3,6-9,11-14,17,23-24H,4-5,10,15-16H2,1H3,(H,26,27);1-2,5-8,10-13,16,22-23,25H,3-4,9,14-15H2,(H,26,27);4-5,8-9,11-12,15,19H,6-7,10,13-14H2,1-3H3,(H,21,22);3-4,7-8,10-11,14,18,20H,5-6,9,12-13H2,1-2H3,(H,21,22);2*1-5H;3H,2H2,1H3;;/q;;;;;;;+1;-1/b3-2-;2-1-;5-4-;4-3-;;;;;/t17-,23+,24?;16-,22+,23?;15-,19+;14-,18+;;;;;/m1111...../s1. The van der Waals surface area contributed by atoms with E-state index in [0.717, 1.165) is 115 Å². The van der Waals surface area contributed by atoms with Crippen LogP contribution in [0.2, 0.25) is 20.1 Å². The third kappa shape index (κ3) is 40.4. The Morgan fingerprint density at radius 1 is 0.385 bits per heavy atom. The molecule has 0 bridgehead atoms. The molecule has 0 aromatic heterocycles. The van der Waals surface area contributed by atoms with Gasteiger partial charge in [0, 0.05) is 104 Å². The summed E-state index contributed by atoms with van der Waals surface area (Å²) in [5, 5.41) is 57.4. The zero-order valence-electron chi connectivity index (χ0n) is 76.0. The number of benzene rings is 8.